The van der Waals surface area contributed by atoms with Gasteiger partial charge in [0.25, 0.3) is 0 Å². The van der Waals surface area contributed by atoms with Crippen molar-refractivity contribution in [3.05, 3.63) is 29.6 Å². The molecule has 2 N–H and O–H groups in total. The Labute approximate surface area is 99.9 Å². The highest BCUT2D eigenvalue weighted by Crippen LogP contribution is 2.28. The van der Waals surface area contributed by atoms with Crippen molar-refractivity contribution in [1.82, 2.24) is 4.90 Å². The van der Waals surface area contributed by atoms with Crippen molar-refractivity contribution >= 4 is 5.96 Å². The number of ether oxygens (including phenoxy) is 1. The van der Waals surface area contributed by atoms with Gasteiger partial charge in [-0.05, 0) is 24.6 Å². The van der Waals surface area contributed by atoms with Gasteiger partial charge in [-0.15, -0.1) is 0 Å². The molecule has 0 aliphatic carbocycles. The molecule has 5 heteroatoms. The molecule has 1 heterocycles. The van der Waals surface area contributed by atoms with E-state index in [1.807, 2.05) is 17.9 Å². The van der Waals surface area contributed by atoms with Crippen LogP contribution in [-0.4, -0.2) is 31.1 Å². The number of hydrogen-bond acceptors (Lipinski definition) is 4. The highest BCUT2D eigenvalue weighted by Gasteiger charge is 2.26. The van der Waals surface area contributed by atoms with Crippen molar-refractivity contribution in [3.63, 3.8) is 0 Å². The fourth-order valence-corrected chi connectivity index (χ4v) is 2.09. The Morgan fingerprint density at radius 1 is 1.59 bits per heavy atom. The molecule has 0 spiro atoms. The molecular weight excluding hydrogens is 221 g/mol. The first-order chi connectivity index (χ1) is 8.17. The van der Waals surface area contributed by atoms with Crippen molar-refractivity contribution in [2.24, 2.45) is 10.7 Å². The number of likely N-dealkylation sites (N-methyl/N-ethyl adjacent to an activating group) is 1. The highest BCUT2D eigenvalue weighted by molar-refractivity contribution is 5.80. The maximum atomic E-state index is 13.6. The summed E-state index contributed by atoms with van der Waals surface area (Å²) in [6.07, 6.45) is 0. The Balaban J connectivity index is 2.27. The Bertz CT molecular complexity index is 447. The maximum absolute atomic E-state index is 13.6. The average molecular weight is 237 g/mol. The first kappa shape index (κ1) is 11.7. The molecule has 1 unspecified atom stereocenters. The first-order valence-corrected chi connectivity index (χ1v) is 5.57. The lowest BCUT2D eigenvalue weighted by Gasteiger charge is -2.25. The zero-order valence-electron chi connectivity index (χ0n) is 9.98. The molecule has 1 aliphatic heterocycles. The largest absolute Gasteiger partial charge is 0.494 e. The third-order valence-electron chi connectivity index (χ3n) is 3.00. The number of benzene rings is 1. The molecule has 0 fully saturated rings. The molecule has 0 bridgehead atoms. The van der Waals surface area contributed by atoms with E-state index >= 15 is 0 Å². The number of rotatable bonds is 3. The molecule has 1 aliphatic rings. The number of aliphatic imine (C=N–C) groups is 1. The summed E-state index contributed by atoms with van der Waals surface area (Å²) in [5.41, 5.74) is 6.64. The Morgan fingerprint density at radius 2 is 2.35 bits per heavy atom. The summed E-state index contributed by atoms with van der Waals surface area (Å²) in [5.74, 6) is 0.420. The molecular formula is C12H16FN3O. The minimum atomic E-state index is -0.355. The maximum Gasteiger partial charge on any atom is 0.191 e. The van der Waals surface area contributed by atoms with Gasteiger partial charge in [-0.3, -0.25) is 4.99 Å². The van der Waals surface area contributed by atoms with Crippen molar-refractivity contribution in [2.45, 2.75) is 13.0 Å². The molecule has 1 aromatic rings. The van der Waals surface area contributed by atoms with Crippen molar-refractivity contribution in [3.8, 4) is 5.75 Å². The monoisotopic (exact) mass is 237 g/mol. The van der Waals surface area contributed by atoms with E-state index in [1.54, 1.807) is 6.07 Å². The minimum absolute atomic E-state index is 0.0282. The van der Waals surface area contributed by atoms with Gasteiger partial charge >= 0.3 is 0 Å². The van der Waals surface area contributed by atoms with Crippen LogP contribution in [0, 0.1) is 5.82 Å². The Hall–Kier alpha value is -1.78. The lowest BCUT2D eigenvalue weighted by Crippen LogP contribution is -2.35. The van der Waals surface area contributed by atoms with Gasteiger partial charge in [0.05, 0.1) is 19.7 Å². The van der Waals surface area contributed by atoms with E-state index in [0.717, 1.165) is 12.1 Å². The molecule has 0 radical (unpaired) electrons. The molecule has 17 heavy (non-hydrogen) atoms. The molecule has 0 saturated carbocycles. The Kier molecular flexibility index (Phi) is 3.17. The molecule has 4 nitrogen and oxygen atoms in total. The average Bonchev–Trinajstić information content (AvgIpc) is 2.70. The number of guanidine groups is 1. The number of hydrogen-bond donors (Lipinski definition) is 1. The number of nitrogens with zero attached hydrogens (tertiary/aromatic N) is 2. The molecule has 1 aromatic carbocycles. The fraction of sp³-hybridized carbons (Fsp3) is 0.417. The second-order valence-corrected chi connectivity index (χ2v) is 3.89. The highest BCUT2D eigenvalue weighted by atomic mass is 19.1. The smallest absolute Gasteiger partial charge is 0.191 e. The zero-order valence-corrected chi connectivity index (χ0v) is 9.98. The van der Waals surface area contributed by atoms with E-state index in [1.165, 1.54) is 13.2 Å². The first-order valence-electron chi connectivity index (χ1n) is 5.57. The van der Waals surface area contributed by atoms with Crippen molar-refractivity contribution in [2.75, 3.05) is 20.2 Å². The van der Waals surface area contributed by atoms with Crippen LogP contribution in [0.3, 0.4) is 0 Å². The topological polar surface area (TPSA) is 50.8 Å². The van der Waals surface area contributed by atoms with Crippen molar-refractivity contribution < 1.29 is 9.13 Å². The van der Waals surface area contributed by atoms with Gasteiger partial charge in [0, 0.05) is 6.54 Å². The summed E-state index contributed by atoms with van der Waals surface area (Å²) in [6.45, 7) is 3.33. The molecule has 92 valence electrons. The van der Waals surface area contributed by atoms with Gasteiger partial charge < -0.3 is 15.4 Å². The summed E-state index contributed by atoms with van der Waals surface area (Å²) < 4.78 is 18.5. The molecule has 1 atom stereocenters. The molecule has 0 amide bonds. The van der Waals surface area contributed by atoms with Gasteiger partial charge in [-0.2, -0.15) is 0 Å². The van der Waals surface area contributed by atoms with Crippen LogP contribution in [0.4, 0.5) is 4.39 Å². The predicted octanol–water partition coefficient (Wildman–Crippen LogP) is 1.53. The minimum Gasteiger partial charge on any atom is -0.494 e. The molecule has 2 rings (SSSR count). The summed E-state index contributed by atoms with van der Waals surface area (Å²) >= 11 is 0. The van der Waals surface area contributed by atoms with Crippen molar-refractivity contribution in [1.29, 1.82) is 0 Å². The zero-order chi connectivity index (χ0) is 12.4. The van der Waals surface area contributed by atoms with Gasteiger partial charge in [0.2, 0.25) is 0 Å². The SMILES string of the molecule is CCN1C(N)=NCC1c1ccc(OC)c(F)c1. The van der Waals surface area contributed by atoms with Gasteiger partial charge in [0.1, 0.15) is 0 Å². The molecule has 0 saturated heterocycles. The van der Waals surface area contributed by atoms with Gasteiger partial charge in [-0.25, -0.2) is 4.39 Å². The van der Waals surface area contributed by atoms with Crippen LogP contribution in [0.2, 0.25) is 0 Å². The van der Waals surface area contributed by atoms with Crippen LogP contribution in [0.25, 0.3) is 0 Å². The Morgan fingerprint density at radius 3 is 2.94 bits per heavy atom. The molecule has 0 aromatic heterocycles. The summed E-state index contributed by atoms with van der Waals surface area (Å²) in [4.78, 5) is 6.14. The fourth-order valence-electron chi connectivity index (χ4n) is 2.09. The van der Waals surface area contributed by atoms with E-state index in [-0.39, 0.29) is 17.6 Å². The van der Waals surface area contributed by atoms with E-state index in [0.29, 0.717) is 12.5 Å². The van der Waals surface area contributed by atoms with Crippen LogP contribution in [0.15, 0.2) is 23.2 Å². The summed E-state index contributed by atoms with van der Waals surface area (Å²) in [6, 6.07) is 5.00. The number of methoxy groups -OCH3 is 1. The van der Waals surface area contributed by atoms with Crippen LogP contribution < -0.4 is 10.5 Å². The van der Waals surface area contributed by atoms with Crippen LogP contribution in [0.5, 0.6) is 5.75 Å². The van der Waals surface area contributed by atoms with E-state index in [9.17, 15) is 4.39 Å². The van der Waals surface area contributed by atoms with Crippen LogP contribution in [-0.2, 0) is 0 Å². The van der Waals surface area contributed by atoms with Crippen LogP contribution >= 0.6 is 0 Å². The summed E-state index contributed by atoms with van der Waals surface area (Å²) in [7, 11) is 1.45. The quantitative estimate of drug-likeness (QED) is 0.867. The lowest BCUT2D eigenvalue weighted by atomic mass is 10.1. The second kappa shape index (κ2) is 4.61. The number of halogens is 1. The van der Waals surface area contributed by atoms with E-state index in [2.05, 4.69) is 4.99 Å². The predicted molar refractivity (Wildman–Crippen MR) is 64.6 cm³/mol. The normalized spacial score (nSPS) is 19.4. The van der Waals surface area contributed by atoms with E-state index in [4.69, 9.17) is 10.5 Å². The second-order valence-electron chi connectivity index (χ2n) is 3.89. The van der Waals surface area contributed by atoms with Crippen LogP contribution in [0.1, 0.15) is 18.5 Å². The third kappa shape index (κ3) is 2.05. The van der Waals surface area contributed by atoms with Gasteiger partial charge in [0.15, 0.2) is 17.5 Å². The van der Waals surface area contributed by atoms with E-state index < -0.39 is 0 Å². The standard InChI is InChI=1S/C12H16FN3O/c1-3-16-10(7-15-12(16)14)8-4-5-11(17-2)9(13)6-8/h4-6,10H,3,7H2,1-2H3,(H2,14,15). The number of nitrogens with two attached hydrogens (primary N) is 1. The third-order valence-corrected chi connectivity index (χ3v) is 3.00. The summed E-state index contributed by atoms with van der Waals surface area (Å²) in [5, 5.41) is 0. The lowest BCUT2D eigenvalue weighted by molar-refractivity contribution is 0.359. The van der Waals surface area contributed by atoms with Gasteiger partial charge in [-0.1, -0.05) is 6.07 Å².